The SMILES string of the molecule is CC(C)(Br)COP(=O)(N1CCN(C(=O)CCCC(=O)O)CC1)C(C)(C)C. The zero-order valence-corrected chi connectivity index (χ0v) is 18.9. The highest BCUT2D eigenvalue weighted by Gasteiger charge is 2.45. The second-order valence-electron chi connectivity index (χ2n) is 8.27. The predicted octanol–water partition coefficient (Wildman–Crippen LogP) is 3.57. The van der Waals surface area contributed by atoms with Crippen molar-refractivity contribution in [3.63, 3.8) is 0 Å². The summed E-state index contributed by atoms with van der Waals surface area (Å²) in [5.41, 5.74) is 0. The predicted molar refractivity (Wildman–Crippen MR) is 106 cm³/mol. The van der Waals surface area contributed by atoms with Crippen LogP contribution in [-0.2, 0) is 18.7 Å². The van der Waals surface area contributed by atoms with Crippen LogP contribution in [-0.4, -0.2) is 68.8 Å². The van der Waals surface area contributed by atoms with Crippen LogP contribution in [0.15, 0.2) is 0 Å². The first-order chi connectivity index (χ1) is 11.8. The number of piperazine rings is 1. The molecule has 152 valence electrons. The smallest absolute Gasteiger partial charge is 0.303 e. The van der Waals surface area contributed by atoms with E-state index in [2.05, 4.69) is 15.9 Å². The maximum atomic E-state index is 13.7. The average molecular weight is 455 g/mol. The van der Waals surface area contributed by atoms with Gasteiger partial charge in [-0.1, -0.05) is 15.9 Å². The maximum Gasteiger partial charge on any atom is 0.303 e. The van der Waals surface area contributed by atoms with E-state index in [1.807, 2.05) is 39.3 Å². The van der Waals surface area contributed by atoms with Gasteiger partial charge >= 0.3 is 5.97 Å². The Labute approximate surface area is 165 Å². The van der Waals surface area contributed by atoms with Crippen molar-refractivity contribution >= 4 is 35.3 Å². The van der Waals surface area contributed by atoms with Gasteiger partial charge in [-0.25, -0.2) is 4.67 Å². The van der Waals surface area contributed by atoms with Gasteiger partial charge in [0, 0.05) is 43.3 Å². The van der Waals surface area contributed by atoms with Crippen molar-refractivity contribution < 1.29 is 23.8 Å². The fraction of sp³-hybridized carbons (Fsp3) is 0.882. The molecule has 0 saturated carbocycles. The number of hydrogen-bond donors (Lipinski definition) is 1. The molecule has 1 atom stereocenters. The molecule has 1 rings (SSSR count). The van der Waals surface area contributed by atoms with Gasteiger partial charge in [-0.05, 0) is 41.0 Å². The van der Waals surface area contributed by atoms with E-state index in [1.165, 1.54) is 0 Å². The van der Waals surface area contributed by atoms with E-state index >= 15 is 0 Å². The van der Waals surface area contributed by atoms with Crippen molar-refractivity contribution in [1.82, 2.24) is 9.57 Å². The molecule has 0 bridgehead atoms. The third-order valence-corrected chi connectivity index (χ3v) is 7.74. The van der Waals surface area contributed by atoms with Crippen LogP contribution >= 0.6 is 23.4 Å². The van der Waals surface area contributed by atoms with Crippen LogP contribution in [0.1, 0.15) is 53.9 Å². The van der Waals surface area contributed by atoms with Crippen molar-refractivity contribution in [2.45, 2.75) is 63.4 Å². The summed E-state index contributed by atoms with van der Waals surface area (Å²) < 4.78 is 21.2. The minimum atomic E-state index is -3.08. The quantitative estimate of drug-likeness (QED) is 0.445. The molecule has 1 heterocycles. The molecule has 1 aliphatic heterocycles. The third-order valence-electron chi connectivity index (χ3n) is 4.19. The maximum absolute atomic E-state index is 13.7. The second kappa shape index (κ2) is 9.18. The normalized spacial score (nSPS) is 19.2. The molecule has 0 radical (unpaired) electrons. The van der Waals surface area contributed by atoms with Crippen molar-refractivity contribution in [3.05, 3.63) is 0 Å². The van der Waals surface area contributed by atoms with Gasteiger partial charge < -0.3 is 14.5 Å². The molecule has 1 aliphatic rings. The highest BCUT2D eigenvalue weighted by Crippen LogP contribution is 2.62. The number of carboxylic acid groups (broad SMARTS) is 1. The highest BCUT2D eigenvalue weighted by molar-refractivity contribution is 9.10. The largest absolute Gasteiger partial charge is 0.481 e. The summed E-state index contributed by atoms with van der Waals surface area (Å²) in [5, 5.41) is 8.14. The molecule has 0 aromatic rings. The number of aliphatic carboxylic acids is 1. The van der Waals surface area contributed by atoms with E-state index in [0.29, 0.717) is 39.2 Å². The number of amides is 1. The van der Waals surface area contributed by atoms with E-state index in [9.17, 15) is 14.2 Å². The first-order valence-corrected chi connectivity index (χ1v) is 11.3. The van der Waals surface area contributed by atoms with Gasteiger partial charge in [0.2, 0.25) is 5.91 Å². The molecular weight excluding hydrogens is 423 g/mol. The van der Waals surface area contributed by atoms with Gasteiger partial charge in [0.05, 0.1) is 11.8 Å². The molecule has 1 unspecified atom stereocenters. The summed E-state index contributed by atoms with van der Waals surface area (Å²) in [7, 11) is -3.08. The Morgan fingerprint density at radius 3 is 2.04 bits per heavy atom. The van der Waals surface area contributed by atoms with E-state index < -0.39 is 18.6 Å². The van der Waals surface area contributed by atoms with Crippen molar-refractivity contribution in [2.75, 3.05) is 32.8 Å². The molecule has 26 heavy (non-hydrogen) atoms. The van der Waals surface area contributed by atoms with Crippen LogP contribution in [0.3, 0.4) is 0 Å². The number of nitrogens with zero attached hydrogens (tertiary/aromatic N) is 2. The Hall–Kier alpha value is -0.430. The van der Waals surface area contributed by atoms with Gasteiger partial charge in [-0.15, -0.1) is 0 Å². The van der Waals surface area contributed by atoms with Crippen LogP contribution in [0, 0.1) is 0 Å². The first-order valence-electron chi connectivity index (χ1n) is 8.95. The van der Waals surface area contributed by atoms with Crippen molar-refractivity contribution in [2.24, 2.45) is 0 Å². The van der Waals surface area contributed by atoms with Gasteiger partial charge in [-0.2, -0.15) is 0 Å². The Balaban J connectivity index is 2.68. The topological polar surface area (TPSA) is 87.2 Å². The number of rotatable bonds is 8. The van der Waals surface area contributed by atoms with Crippen molar-refractivity contribution in [3.8, 4) is 0 Å². The zero-order chi connectivity index (χ0) is 20.2. The summed E-state index contributed by atoms with van der Waals surface area (Å²) in [4.78, 5) is 24.5. The summed E-state index contributed by atoms with van der Waals surface area (Å²) in [5.74, 6) is -0.931. The summed E-state index contributed by atoms with van der Waals surface area (Å²) in [6.45, 7) is 11.9. The molecular formula is C17H32BrN2O5P. The monoisotopic (exact) mass is 454 g/mol. The lowest BCUT2D eigenvalue weighted by molar-refractivity contribution is -0.137. The molecule has 0 aliphatic carbocycles. The number of hydrogen-bond acceptors (Lipinski definition) is 4. The molecule has 1 saturated heterocycles. The lowest BCUT2D eigenvalue weighted by Gasteiger charge is -2.44. The molecule has 1 fully saturated rings. The molecule has 9 heteroatoms. The highest BCUT2D eigenvalue weighted by atomic mass is 79.9. The number of carbonyl (C=O) groups is 2. The lowest BCUT2D eigenvalue weighted by Crippen LogP contribution is -2.49. The van der Waals surface area contributed by atoms with Crippen LogP contribution in [0.25, 0.3) is 0 Å². The van der Waals surface area contributed by atoms with Gasteiger partial charge in [-0.3, -0.25) is 14.2 Å². The van der Waals surface area contributed by atoms with Crippen LogP contribution in [0.4, 0.5) is 0 Å². The Kier molecular flexibility index (Phi) is 8.33. The van der Waals surface area contributed by atoms with E-state index in [4.69, 9.17) is 9.63 Å². The third kappa shape index (κ3) is 6.95. The Morgan fingerprint density at radius 2 is 1.62 bits per heavy atom. The summed E-state index contributed by atoms with van der Waals surface area (Å²) >= 11 is 3.53. The standard InChI is InChI=1S/C17H32BrN2O5P/c1-16(2,3)26(24,25-13-17(4,5)18)20-11-9-19(10-12-20)14(21)7-6-8-15(22)23/h6-13H2,1-5H3,(H,22,23). The van der Waals surface area contributed by atoms with E-state index in [0.717, 1.165) is 0 Å². The fourth-order valence-electron chi connectivity index (χ4n) is 2.70. The second-order valence-corrected chi connectivity index (χ2v) is 13.6. The van der Waals surface area contributed by atoms with Gasteiger partial charge in [0.1, 0.15) is 0 Å². The Morgan fingerprint density at radius 1 is 1.08 bits per heavy atom. The van der Waals surface area contributed by atoms with Crippen molar-refractivity contribution in [1.29, 1.82) is 0 Å². The molecule has 7 nitrogen and oxygen atoms in total. The fourth-order valence-corrected chi connectivity index (χ4v) is 5.59. The molecule has 1 amide bonds. The lowest BCUT2D eigenvalue weighted by atomic mass is 10.2. The summed E-state index contributed by atoms with van der Waals surface area (Å²) in [6.07, 6.45) is 0.580. The van der Waals surface area contributed by atoms with E-state index in [1.54, 1.807) is 4.90 Å². The number of carboxylic acids is 1. The zero-order valence-electron chi connectivity index (χ0n) is 16.5. The number of halogens is 1. The van der Waals surface area contributed by atoms with Crippen LogP contribution in [0.5, 0.6) is 0 Å². The minimum Gasteiger partial charge on any atom is -0.481 e. The number of carbonyl (C=O) groups excluding carboxylic acids is 1. The average Bonchev–Trinajstić information content (AvgIpc) is 2.50. The number of alkyl halides is 1. The molecule has 0 spiro atoms. The first kappa shape index (κ1) is 23.6. The van der Waals surface area contributed by atoms with Gasteiger partial charge in [0.15, 0.2) is 0 Å². The molecule has 0 aromatic carbocycles. The van der Waals surface area contributed by atoms with Crippen LogP contribution < -0.4 is 0 Å². The minimum absolute atomic E-state index is 0.00109. The van der Waals surface area contributed by atoms with Crippen LogP contribution in [0.2, 0.25) is 0 Å². The molecule has 0 aromatic heterocycles. The summed E-state index contributed by atoms with van der Waals surface area (Å²) in [6, 6.07) is 0. The van der Waals surface area contributed by atoms with E-state index in [-0.39, 0.29) is 23.1 Å². The Bertz CT molecular complexity index is 548. The molecule has 1 N–H and O–H groups in total. The van der Waals surface area contributed by atoms with Gasteiger partial charge in [0.25, 0.3) is 7.52 Å².